The van der Waals surface area contributed by atoms with Gasteiger partial charge in [-0.2, -0.15) is 4.31 Å². The average Bonchev–Trinajstić information content (AvgIpc) is 3.13. The van der Waals surface area contributed by atoms with Crippen LogP contribution in [0.3, 0.4) is 0 Å². The van der Waals surface area contributed by atoms with Crippen LogP contribution in [0.15, 0.2) is 54.6 Å². The number of aryl methyl sites for hydroxylation is 1. The first-order valence-electron chi connectivity index (χ1n) is 10.4. The number of nitrogens with zero attached hydrogens (tertiary/aromatic N) is 2. The minimum Gasteiger partial charge on any atom is -0.452 e. The first-order valence-corrected chi connectivity index (χ1v) is 12.0. The predicted octanol–water partition coefficient (Wildman–Crippen LogP) is 2.31. The average molecular weight is 456 g/mol. The Morgan fingerprint density at radius 1 is 0.969 bits per heavy atom. The SMILES string of the molecule is Cc1[nH]c2ccccc2c1C(=O)OCC(=O)N1CCN(S(=O)(=O)Cc2ccccc2)CC1. The van der Waals surface area contributed by atoms with E-state index in [2.05, 4.69) is 4.98 Å². The van der Waals surface area contributed by atoms with Crippen LogP contribution in [0, 0.1) is 6.92 Å². The van der Waals surface area contributed by atoms with Gasteiger partial charge in [0.25, 0.3) is 5.91 Å². The van der Waals surface area contributed by atoms with Crippen LogP contribution in [0.5, 0.6) is 0 Å². The Kier molecular flexibility index (Phi) is 6.29. The number of ether oxygens (including phenoxy) is 1. The predicted molar refractivity (Wildman–Crippen MR) is 121 cm³/mol. The number of amides is 1. The maximum atomic E-state index is 12.7. The van der Waals surface area contributed by atoms with E-state index in [1.165, 1.54) is 9.21 Å². The van der Waals surface area contributed by atoms with E-state index in [0.717, 1.165) is 16.5 Å². The third-order valence-electron chi connectivity index (χ3n) is 5.60. The fraction of sp³-hybridized carbons (Fsp3) is 0.304. The van der Waals surface area contributed by atoms with Crippen molar-refractivity contribution in [3.63, 3.8) is 0 Å². The molecule has 4 rings (SSSR count). The Morgan fingerprint density at radius 3 is 2.34 bits per heavy atom. The molecule has 32 heavy (non-hydrogen) atoms. The maximum Gasteiger partial charge on any atom is 0.341 e. The highest BCUT2D eigenvalue weighted by molar-refractivity contribution is 7.88. The molecule has 0 atom stereocenters. The summed E-state index contributed by atoms with van der Waals surface area (Å²) in [7, 11) is -3.46. The van der Waals surface area contributed by atoms with Gasteiger partial charge in [0, 0.05) is 42.8 Å². The highest BCUT2D eigenvalue weighted by atomic mass is 32.2. The van der Waals surface area contributed by atoms with Crippen molar-refractivity contribution in [2.75, 3.05) is 32.8 Å². The molecule has 1 N–H and O–H groups in total. The molecule has 1 amide bonds. The lowest BCUT2D eigenvalue weighted by Crippen LogP contribution is -2.51. The van der Waals surface area contributed by atoms with Crippen molar-refractivity contribution in [1.29, 1.82) is 0 Å². The molecule has 1 aliphatic heterocycles. The highest BCUT2D eigenvalue weighted by Gasteiger charge is 2.29. The Labute approximate surface area is 186 Å². The number of para-hydroxylation sites is 1. The lowest BCUT2D eigenvalue weighted by atomic mass is 10.1. The Morgan fingerprint density at radius 2 is 1.62 bits per heavy atom. The van der Waals surface area contributed by atoms with E-state index < -0.39 is 16.0 Å². The van der Waals surface area contributed by atoms with Gasteiger partial charge in [-0.15, -0.1) is 0 Å². The van der Waals surface area contributed by atoms with E-state index in [1.54, 1.807) is 31.2 Å². The zero-order valence-corrected chi connectivity index (χ0v) is 18.6. The van der Waals surface area contributed by atoms with E-state index in [9.17, 15) is 18.0 Å². The fourth-order valence-electron chi connectivity index (χ4n) is 3.92. The molecule has 1 fully saturated rings. The Bertz CT molecular complexity index is 1230. The largest absolute Gasteiger partial charge is 0.452 e. The summed E-state index contributed by atoms with van der Waals surface area (Å²) in [6.07, 6.45) is 0. The molecule has 2 heterocycles. The first kappa shape index (κ1) is 22.0. The van der Waals surface area contributed by atoms with Gasteiger partial charge in [0.1, 0.15) is 0 Å². The number of piperazine rings is 1. The summed E-state index contributed by atoms with van der Waals surface area (Å²) in [4.78, 5) is 29.8. The molecule has 1 saturated heterocycles. The van der Waals surface area contributed by atoms with Crippen LogP contribution in [0.2, 0.25) is 0 Å². The van der Waals surface area contributed by atoms with Crippen molar-refractivity contribution >= 4 is 32.8 Å². The van der Waals surface area contributed by atoms with E-state index >= 15 is 0 Å². The molecule has 0 spiro atoms. The van der Waals surface area contributed by atoms with Gasteiger partial charge in [-0.05, 0) is 18.6 Å². The third kappa shape index (κ3) is 4.68. The van der Waals surface area contributed by atoms with E-state index in [4.69, 9.17) is 4.74 Å². The molecule has 0 bridgehead atoms. The van der Waals surface area contributed by atoms with Crippen molar-refractivity contribution < 1.29 is 22.7 Å². The van der Waals surface area contributed by atoms with Crippen molar-refractivity contribution in [2.24, 2.45) is 0 Å². The fourth-order valence-corrected chi connectivity index (χ4v) is 5.44. The summed E-state index contributed by atoms with van der Waals surface area (Å²) in [6, 6.07) is 16.4. The summed E-state index contributed by atoms with van der Waals surface area (Å²) >= 11 is 0. The van der Waals surface area contributed by atoms with Gasteiger partial charge in [-0.1, -0.05) is 48.5 Å². The number of H-pyrrole nitrogens is 1. The standard InChI is InChI=1S/C23H25N3O5S/c1-17-22(19-9-5-6-10-20(19)24-17)23(28)31-15-21(27)25-11-13-26(14-12-25)32(29,30)16-18-7-3-2-4-8-18/h2-10,24H,11-16H2,1H3. The van der Waals surface area contributed by atoms with Crippen LogP contribution in [0.4, 0.5) is 0 Å². The van der Waals surface area contributed by atoms with Crippen LogP contribution in [-0.4, -0.2) is 67.3 Å². The lowest BCUT2D eigenvalue weighted by molar-refractivity contribution is -0.135. The Hall–Kier alpha value is -3.17. The van der Waals surface area contributed by atoms with Gasteiger partial charge in [0.15, 0.2) is 6.61 Å². The minimum atomic E-state index is -3.46. The molecule has 9 heteroatoms. The van der Waals surface area contributed by atoms with E-state index in [1.807, 2.05) is 30.3 Å². The molecule has 3 aromatic rings. The number of benzene rings is 2. The molecule has 2 aromatic carbocycles. The van der Waals surface area contributed by atoms with Gasteiger partial charge in [-0.3, -0.25) is 4.79 Å². The van der Waals surface area contributed by atoms with E-state index in [-0.39, 0.29) is 44.4 Å². The van der Waals surface area contributed by atoms with Crippen LogP contribution in [-0.2, 0) is 25.3 Å². The Balaban J connectivity index is 1.31. The molecule has 0 saturated carbocycles. The first-order chi connectivity index (χ1) is 15.3. The summed E-state index contributed by atoms with van der Waals surface area (Å²) in [5.74, 6) is -0.961. The maximum absolute atomic E-state index is 12.7. The third-order valence-corrected chi connectivity index (χ3v) is 7.45. The number of aromatic nitrogens is 1. The molecule has 8 nitrogen and oxygen atoms in total. The smallest absolute Gasteiger partial charge is 0.341 e. The number of hydrogen-bond donors (Lipinski definition) is 1. The quantitative estimate of drug-likeness (QED) is 0.575. The van der Waals surface area contributed by atoms with Gasteiger partial charge < -0.3 is 14.6 Å². The second-order valence-electron chi connectivity index (χ2n) is 7.77. The number of nitrogens with one attached hydrogen (secondary N) is 1. The number of fused-ring (bicyclic) bond motifs is 1. The molecular weight excluding hydrogens is 430 g/mol. The number of sulfonamides is 1. The zero-order chi connectivity index (χ0) is 22.7. The molecule has 1 aliphatic rings. The normalized spacial score (nSPS) is 15.1. The van der Waals surface area contributed by atoms with Crippen molar-refractivity contribution in [2.45, 2.75) is 12.7 Å². The summed E-state index contributed by atoms with van der Waals surface area (Å²) in [5.41, 5.74) is 2.66. The van der Waals surface area contributed by atoms with Gasteiger partial charge in [-0.25, -0.2) is 13.2 Å². The second kappa shape index (κ2) is 9.13. The highest BCUT2D eigenvalue weighted by Crippen LogP contribution is 2.22. The van der Waals surface area contributed by atoms with Crippen molar-refractivity contribution in [3.05, 3.63) is 71.4 Å². The van der Waals surface area contributed by atoms with E-state index in [0.29, 0.717) is 11.3 Å². The molecular formula is C23H25N3O5S. The van der Waals surface area contributed by atoms with Crippen LogP contribution >= 0.6 is 0 Å². The van der Waals surface area contributed by atoms with Crippen LogP contribution in [0.25, 0.3) is 10.9 Å². The monoisotopic (exact) mass is 455 g/mol. The van der Waals surface area contributed by atoms with Crippen LogP contribution < -0.4 is 0 Å². The topological polar surface area (TPSA) is 99.8 Å². The molecule has 168 valence electrons. The number of aromatic amines is 1. The lowest BCUT2D eigenvalue weighted by Gasteiger charge is -2.33. The molecule has 1 aromatic heterocycles. The number of rotatable bonds is 6. The van der Waals surface area contributed by atoms with Gasteiger partial charge in [0.05, 0.1) is 11.3 Å². The van der Waals surface area contributed by atoms with Gasteiger partial charge in [0.2, 0.25) is 10.0 Å². The van der Waals surface area contributed by atoms with Gasteiger partial charge >= 0.3 is 5.97 Å². The zero-order valence-electron chi connectivity index (χ0n) is 17.8. The summed E-state index contributed by atoms with van der Waals surface area (Å²) < 4.78 is 32.0. The van der Waals surface area contributed by atoms with Crippen molar-refractivity contribution in [3.8, 4) is 0 Å². The summed E-state index contributed by atoms with van der Waals surface area (Å²) in [5, 5.41) is 0.750. The summed E-state index contributed by atoms with van der Waals surface area (Å²) in [6.45, 7) is 2.36. The molecule has 0 aliphatic carbocycles. The number of esters is 1. The molecule has 0 unspecified atom stereocenters. The minimum absolute atomic E-state index is 0.0661. The number of carbonyl (C=O) groups is 2. The second-order valence-corrected chi connectivity index (χ2v) is 9.74. The number of hydrogen-bond acceptors (Lipinski definition) is 5. The van der Waals surface area contributed by atoms with Crippen LogP contribution in [0.1, 0.15) is 21.6 Å². The van der Waals surface area contributed by atoms with Crippen molar-refractivity contribution in [1.82, 2.24) is 14.2 Å². The number of carbonyl (C=O) groups excluding carboxylic acids is 2. The molecule has 0 radical (unpaired) electrons.